The smallest absolute Gasteiger partial charge is 0.0213 e. The molecule has 0 N–H and O–H groups in total. The first kappa shape index (κ1) is 17.8. The van der Waals surface area contributed by atoms with Crippen LogP contribution >= 0.6 is 0 Å². The molecule has 0 aromatic rings. The third-order valence-corrected chi connectivity index (χ3v) is 8.66. The van der Waals surface area contributed by atoms with E-state index in [9.17, 15) is 0 Å². The van der Waals surface area contributed by atoms with Gasteiger partial charge in [0.2, 0.25) is 0 Å². The fraction of sp³-hybridized carbons (Fsp3) is 0.667. The summed E-state index contributed by atoms with van der Waals surface area (Å²) in [5.41, 5.74) is 13.4. The highest BCUT2D eigenvalue weighted by molar-refractivity contribution is 5.65. The average molecular weight is 325 g/mol. The lowest BCUT2D eigenvalue weighted by atomic mass is 9.61. The third-order valence-electron chi connectivity index (χ3n) is 8.66. The average Bonchev–Trinajstić information content (AvgIpc) is 2.93. The summed E-state index contributed by atoms with van der Waals surface area (Å²) < 4.78 is 0. The van der Waals surface area contributed by atoms with E-state index in [2.05, 4.69) is 76.2 Å². The normalized spacial score (nSPS) is 38.9. The number of hydrogen-bond donors (Lipinski definition) is 0. The fourth-order valence-corrected chi connectivity index (χ4v) is 6.38. The van der Waals surface area contributed by atoms with Crippen molar-refractivity contribution in [1.82, 2.24) is 0 Å². The summed E-state index contributed by atoms with van der Waals surface area (Å²) in [6.45, 7) is 26.6. The highest BCUT2D eigenvalue weighted by atomic mass is 14.6. The molecule has 0 spiro atoms. The molecule has 132 valence electrons. The van der Waals surface area contributed by atoms with Crippen LogP contribution in [0.4, 0.5) is 0 Å². The summed E-state index contributed by atoms with van der Waals surface area (Å²) in [5, 5.41) is 0. The van der Waals surface area contributed by atoms with Gasteiger partial charge in [-0.1, -0.05) is 63.8 Å². The Morgan fingerprint density at radius 1 is 0.625 bits per heavy atom. The quantitative estimate of drug-likeness (QED) is 0.476. The van der Waals surface area contributed by atoms with Gasteiger partial charge in [0.05, 0.1) is 0 Å². The lowest BCUT2D eigenvalue weighted by Gasteiger charge is -2.42. The minimum absolute atomic E-state index is 0.148. The molecule has 4 atom stereocenters. The van der Waals surface area contributed by atoms with Crippen LogP contribution < -0.4 is 0 Å². The van der Waals surface area contributed by atoms with E-state index in [0.717, 1.165) is 0 Å². The SMILES string of the molecule is CC1=C(C)C(C)C(C)=C1C1(C)C2=C(C(C)C(C)=C2C)C(C)(C)C1C. The Labute approximate surface area is 149 Å². The molecular formula is C24H36. The van der Waals surface area contributed by atoms with Gasteiger partial charge in [0, 0.05) is 5.41 Å². The van der Waals surface area contributed by atoms with Gasteiger partial charge in [0.25, 0.3) is 0 Å². The maximum absolute atomic E-state index is 2.55. The molecule has 0 saturated carbocycles. The van der Waals surface area contributed by atoms with Crippen LogP contribution in [0.25, 0.3) is 0 Å². The molecule has 0 aromatic heterocycles. The Hall–Kier alpha value is -1.04. The van der Waals surface area contributed by atoms with E-state index in [1.165, 1.54) is 0 Å². The van der Waals surface area contributed by atoms with Gasteiger partial charge in [-0.05, 0) is 80.1 Å². The topological polar surface area (TPSA) is 0 Å². The summed E-state index contributed by atoms with van der Waals surface area (Å²) in [7, 11) is 0. The van der Waals surface area contributed by atoms with Crippen LogP contribution in [0, 0.1) is 28.6 Å². The second kappa shape index (κ2) is 4.99. The summed E-state index contributed by atoms with van der Waals surface area (Å²) in [5.74, 6) is 1.82. The Bertz CT molecular complexity index is 747. The van der Waals surface area contributed by atoms with Crippen molar-refractivity contribution in [1.29, 1.82) is 0 Å². The first-order valence-corrected chi connectivity index (χ1v) is 9.71. The van der Waals surface area contributed by atoms with Crippen LogP contribution in [-0.2, 0) is 0 Å². The molecule has 0 aliphatic heterocycles. The van der Waals surface area contributed by atoms with Gasteiger partial charge in [-0.15, -0.1) is 0 Å². The molecule has 0 heteroatoms. The van der Waals surface area contributed by atoms with E-state index in [0.29, 0.717) is 17.8 Å². The Balaban J connectivity index is 2.34. The van der Waals surface area contributed by atoms with E-state index in [1.807, 2.05) is 0 Å². The second-order valence-corrected chi connectivity index (χ2v) is 9.55. The Morgan fingerprint density at radius 3 is 1.54 bits per heavy atom. The van der Waals surface area contributed by atoms with Crippen molar-refractivity contribution in [3.63, 3.8) is 0 Å². The molecule has 24 heavy (non-hydrogen) atoms. The molecule has 3 rings (SSSR count). The third kappa shape index (κ3) is 1.76. The molecule has 3 aliphatic carbocycles. The molecule has 0 bridgehead atoms. The highest BCUT2D eigenvalue weighted by Gasteiger charge is 2.58. The molecule has 4 unspecified atom stereocenters. The van der Waals surface area contributed by atoms with Gasteiger partial charge < -0.3 is 0 Å². The molecule has 0 heterocycles. The first-order chi connectivity index (χ1) is 10.9. The van der Waals surface area contributed by atoms with Gasteiger partial charge in [-0.2, -0.15) is 0 Å². The highest BCUT2D eigenvalue weighted by Crippen LogP contribution is 2.69. The van der Waals surface area contributed by atoms with Crippen LogP contribution in [0.1, 0.15) is 76.2 Å². The second-order valence-electron chi connectivity index (χ2n) is 9.55. The largest absolute Gasteiger partial charge is 0.0632 e. The van der Waals surface area contributed by atoms with Crippen LogP contribution in [0.15, 0.2) is 44.6 Å². The van der Waals surface area contributed by atoms with E-state index in [1.54, 1.807) is 44.6 Å². The van der Waals surface area contributed by atoms with Crippen molar-refractivity contribution in [3.05, 3.63) is 44.6 Å². The lowest BCUT2D eigenvalue weighted by Crippen LogP contribution is -2.34. The van der Waals surface area contributed by atoms with E-state index >= 15 is 0 Å². The van der Waals surface area contributed by atoms with E-state index < -0.39 is 0 Å². The van der Waals surface area contributed by atoms with Crippen molar-refractivity contribution < 1.29 is 0 Å². The summed E-state index contributed by atoms with van der Waals surface area (Å²) in [6, 6.07) is 0. The zero-order chi connectivity index (χ0) is 18.4. The summed E-state index contributed by atoms with van der Waals surface area (Å²) in [6.07, 6.45) is 0. The summed E-state index contributed by atoms with van der Waals surface area (Å²) >= 11 is 0. The molecule has 3 aliphatic rings. The van der Waals surface area contributed by atoms with Crippen molar-refractivity contribution in [3.8, 4) is 0 Å². The van der Waals surface area contributed by atoms with Gasteiger partial charge in [-0.3, -0.25) is 0 Å². The molecule has 0 radical (unpaired) electrons. The fourth-order valence-electron chi connectivity index (χ4n) is 6.38. The summed E-state index contributed by atoms with van der Waals surface area (Å²) in [4.78, 5) is 0. The Kier molecular flexibility index (Phi) is 3.70. The van der Waals surface area contributed by atoms with Crippen LogP contribution in [-0.4, -0.2) is 0 Å². The number of rotatable bonds is 1. The monoisotopic (exact) mass is 324 g/mol. The zero-order valence-electron chi connectivity index (χ0n) is 17.7. The molecule has 0 aromatic carbocycles. The van der Waals surface area contributed by atoms with Gasteiger partial charge in [0.15, 0.2) is 0 Å². The van der Waals surface area contributed by atoms with Crippen molar-refractivity contribution in [2.45, 2.75) is 76.2 Å². The van der Waals surface area contributed by atoms with Crippen LogP contribution in [0.2, 0.25) is 0 Å². The molecule has 0 nitrogen and oxygen atoms in total. The van der Waals surface area contributed by atoms with Crippen molar-refractivity contribution in [2.24, 2.45) is 28.6 Å². The minimum atomic E-state index is 0.148. The molecule has 0 saturated heterocycles. The first-order valence-electron chi connectivity index (χ1n) is 9.71. The van der Waals surface area contributed by atoms with Gasteiger partial charge >= 0.3 is 0 Å². The van der Waals surface area contributed by atoms with Crippen LogP contribution in [0.5, 0.6) is 0 Å². The van der Waals surface area contributed by atoms with Crippen LogP contribution in [0.3, 0.4) is 0 Å². The molecular weight excluding hydrogens is 288 g/mol. The number of allylic oxidation sites excluding steroid dienone is 8. The lowest BCUT2D eigenvalue weighted by molar-refractivity contribution is 0.197. The van der Waals surface area contributed by atoms with Crippen molar-refractivity contribution in [2.75, 3.05) is 0 Å². The van der Waals surface area contributed by atoms with E-state index in [-0.39, 0.29) is 10.8 Å². The standard InChI is InChI=1S/C24H36/c1-12-13(2)16(5)20(15(12)4)24(11)19(8)23(9,10)21-17(6)14(3)18(7)22(21)24/h12,17,19H,1-11H3. The zero-order valence-corrected chi connectivity index (χ0v) is 17.7. The minimum Gasteiger partial charge on any atom is -0.0632 e. The molecule has 0 fully saturated rings. The van der Waals surface area contributed by atoms with Gasteiger partial charge in [0.1, 0.15) is 0 Å². The number of hydrogen-bond acceptors (Lipinski definition) is 0. The maximum Gasteiger partial charge on any atom is 0.0213 e. The molecule has 0 amide bonds. The predicted molar refractivity (Wildman–Crippen MR) is 106 cm³/mol. The maximum atomic E-state index is 2.55. The predicted octanol–water partition coefficient (Wildman–Crippen LogP) is 7.25. The van der Waals surface area contributed by atoms with Gasteiger partial charge in [-0.25, -0.2) is 0 Å². The Morgan fingerprint density at radius 2 is 1.08 bits per heavy atom. The van der Waals surface area contributed by atoms with Crippen molar-refractivity contribution >= 4 is 0 Å². The van der Waals surface area contributed by atoms with E-state index in [4.69, 9.17) is 0 Å².